The Morgan fingerprint density at radius 2 is 1.72 bits per heavy atom. The molecular weight excluding hydrogens is 576 g/mol. The van der Waals surface area contributed by atoms with Crippen molar-refractivity contribution in [3.8, 4) is 11.1 Å². The van der Waals surface area contributed by atoms with E-state index in [1.54, 1.807) is 15.8 Å². The van der Waals surface area contributed by atoms with Gasteiger partial charge in [-0.3, -0.25) is 9.48 Å². The van der Waals surface area contributed by atoms with E-state index in [9.17, 15) is 9.59 Å². The highest BCUT2D eigenvalue weighted by Gasteiger charge is 2.32. The van der Waals surface area contributed by atoms with Gasteiger partial charge in [-0.1, -0.05) is 55.5 Å². The number of anilines is 2. The Kier molecular flexibility index (Phi) is 9.07. The fourth-order valence-electron chi connectivity index (χ4n) is 6.28. The summed E-state index contributed by atoms with van der Waals surface area (Å²) in [5.41, 5.74) is 6.62. The van der Waals surface area contributed by atoms with Crippen LogP contribution in [0.1, 0.15) is 24.0 Å². The Labute approximate surface area is 270 Å². The third-order valence-electron chi connectivity index (χ3n) is 8.72. The van der Waals surface area contributed by atoms with Crippen molar-refractivity contribution < 1.29 is 9.59 Å². The van der Waals surface area contributed by atoms with Gasteiger partial charge in [0.2, 0.25) is 5.91 Å². The van der Waals surface area contributed by atoms with E-state index in [-0.39, 0.29) is 17.9 Å². The minimum atomic E-state index is -0.835. The number of aromatic amines is 1. The lowest BCUT2D eigenvalue weighted by Gasteiger charge is -2.37. The van der Waals surface area contributed by atoms with Crippen LogP contribution < -0.4 is 15.5 Å². The van der Waals surface area contributed by atoms with Crippen molar-refractivity contribution in [2.45, 2.75) is 25.4 Å². The number of nitrogens with zero attached hydrogens (tertiary/aromatic N) is 5. The summed E-state index contributed by atoms with van der Waals surface area (Å²) < 4.78 is 1.74. The largest absolute Gasteiger partial charge is 0.368 e. The summed E-state index contributed by atoms with van der Waals surface area (Å²) in [5.74, 6) is -0.598. The lowest BCUT2D eigenvalue weighted by Crippen LogP contribution is -2.56. The molecule has 0 aliphatic carbocycles. The van der Waals surface area contributed by atoms with Crippen molar-refractivity contribution in [2.75, 3.05) is 50.5 Å². The van der Waals surface area contributed by atoms with Crippen molar-refractivity contribution in [1.29, 1.82) is 0 Å². The molecule has 2 aromatic heterocycles. The van der Waals surface area contributed by atoms with Gasteiger partial charge in [0.1, 0.15) is 6.04 Å². The Morgan fingerprint density at radius 1 is 0.978 bits per heavy atom. The zero-order valence-electron chi connectivity index (χ0n) is 26.9. The lowest BCUT2D eigenvalue weighted by molar-refractivity contribution is -0.118. The molecule has 1 fully saturated rings. The van der Waals surface area contributed by atoms with Crippen molar-refractivity contribution in [3.05, 3.63) is 103 Å². The van der Waals surface area contributed by atoms with E-state index in [2.05, 4.69) is 48.7 Å². The molecule has 238 valence electrons. The number of piperazine rings is 1. The summed E-state index contributed by atoms with van der Waals surface area (Å²) in [6, 6.07) is 23.3. The number of H-pyrrole nitrogens is 1. The third-order valence-corrected chi connectivity index (χ3v) is 8.72. The number of amides is 3. The van der Waals surface area contributed by atoms with Gasteiger partial charge in [0.05, 0.1) is 6.20 Å². The van der Waals surface area contributed by atoms with Crippen molar-refractivity contribution >= 4 is 34.2 Å². The lowest BCUT2D eigenvalue weighted by atomic mass is 9.92. The topological polar surface area (TPSA) is 102 Å². The molecule has 10 nitrogen and oxygen atoms in total. The molecule has 5 aromatic rings. The molecule has 10 heteroatoms. The Bertz CT molecular complexity index is 1800. The summed E-state index contributed by atoms with van der Waals surface area (Å²) in [6.45, 7) is 5.29. The minimum absolute atomic E-state index is 0.242. The maximum absolute atomic E-state index is 14.4. The number of carbonyl (C=O) groups excluding carboxylic acids is 2. The van der Waals surface area contributed by atoms with Crippen LogP contribution in [0.25, 0.3) is 22.0 Å². The molecule has 1 aliphatic rings. The zero-order chi connectivity index (χ0) is 32.2. The smallest absolute Gasteiger partial charge is 0.318 e. The van der Waals surface area contributed by atoms with Gasteiger partial charge in [-0.2, -0.15) is 5.10 Å². The average Bonchev–Trinajstić information content (AvgIpc) is 3.70. The van der Waals surface area contributed by atoms with Gasteiger partial charge in [0.15, 0.2) is 0 Å². The highest BCUT2D eigenvalue weighted by molar-refractivity contribution is 6.01. The monoisotopic (exact) mass is 618 g/mol. The van der Waals surface area contributed by atoms with Crippen LogP contribution in [0.3, 0.4) is 0 Å². The second kappa shape index (κ2) is 13.5. The maximum Gasteiger partial charge on any atom is 0.318 e. The normalized spacial score (nSPS) is 14.8. The summed E-state index contributed by atoms with van der Waals surface area (Å²) in [7, 11) is 5.90. The number of fused-ring (bicyclic) bond motifs is 1. The van der Waals surface area contributed by atoms with Gasteiger partial charge >= 0.3 is 6.03 Å². The predicted octanol–water partition coefficient (Wildman–Crippen LogP) is 5.27. The first-order valence-electron chi connectivity index (χ1n) is 15.8. The number of hydrogen-bond donors (Lipinski definition) is 3. The summed E-state index contributed by atoms with van der Waals surface area (Å²) in [6.07, 6.45) is 5.66. The van der Waals surface area contributed by atoms with E-state index < -0.39 is 6.04 Å². The van der Waals surface area contributed by atoms with E-state index in [0.29, 0.717) is 18.8 Å². The number of para-hydroxylation sites is 2. The van der Waals surface area contributed by atoms with Gasteiger partial charge in [-0.25, -0.2) is 4.79 Å². The predicted molar refractivity (Wildman–Crippen MR) is 184 cm³/mol. The summed E-state index contributed by atoms with van der Waals surface area (Å²) in [5, 5.41) is 11.7. The summed E-state index contributed by atoms with van der Waals surface area (Å²) in [4.78, 5) is 37.7. The molecule has 0 radical (unpaired) electrons. The first kappa shape index (κ1) is 30.9. The molecule has 2 atom stereocenters. The average molecular weight is 619 g/mol. The number of aromatic nitrogens is 3. The van der Waals surface area contributed by atoms with E-state index >= 15 is 0 Å². The van der Waals surface area contributed by atoms with Crippen molar-refractivity contribution in [3.63, 3.8) is 0 Å². The standard InChI is InChI=1S/C36H42N8O2/c1-25(31-22-37-32-13-9-8-12-30(31)32)34(40-36(46)44-18-16-43(17-19-44)28-10-6-5-7-11-28)35(45)39-33-20-26(23-41(2)3)14-15-29(33)27-21-38-42(4)24-27/h5-15,20-22,24-25,34,37H,16-19,23H2,1-4H3,(H,39,45)(H,40,46)/t25-,34-/m1/s1. The number of carbonyl (C=O) groups is 2. The number of urea groups is 1. The number of aryl methyl sites for hydroxylation is 1. The van der Waals surface area contributed by atoms with Crippen LogP contribution >= 0.6 is 0 Å². The van der Waals surface area contributed by atoms with Crippen LogP contribution in [0.2, 0.25) is 0 Å². The SMILES string of the molecule is C[C@H](c1c[nH]c2ccccc12)[C@@H](NC(=O)N1CCN(c2ccccc2)CC1)C(=O)Nc1cc(CN(C)C)ccc1-c1cnn(C)c1. The second-order valence-electron chi connectivity index (χ2n) is 12.3. The van der Waals surface area contributed by atoms with Gasteiger partial charge in [-0.15, -0.1) is 0 Å². The van der Waals surface area contributed by atoms with Gasteiger partial charge in [-0.05, 0) is 49.5 Å². The molecule has 0 bridgehead atoms. The molecule has 3 aromatic carbocycles. The first-order chi connectivity index (χ1) is 22.3. The fourth-order valence-corrected chi connectivity index (χ4v) is 6.28. The number of benzene rings is 3. The fraction of sp³-hybridized carbons (Fsp3) is 0.306. The minimum Gasteiger partial charge on any atom is -0.368 e. The van der Waals surface area contributed by atoms with Crippen LogP contribution in [0.5, 0.6) is 0 Å². The molecule has 3 amide bonds. The molecule has 3 N–H and O–H groups in total. The summed E-state index contributed by atoms with van der Waals surface area (Å²) >= 11 is 0. The van der Waals surface area contributed by atoms with Crippen molar-refractivity contribution in [2.24, 2.45) is 7.05 Å². The van der Waals surface area contributed by atoms with E-state index in [4.69, 9.17) is 0 Å². The van der Waals surface area contributed by atoms with E-state index in [1.165, 1.54) is 0 Å². The molecule has 6 rings (SSSR count). The van der Waals surface area contributed by atoms with E-state index in [0.717, 1.165) is 58.5 Å². The van der Waals surface area contributed by atoms with Crippen LogP contribution in [0.15, 0.2) is 91.4 Å². The molecular formula is C36H42N8O2. The zero-order valence-corrected chi connectivity index (χ0v) is 26.9. The molecule has 0 saturated carbocycles. The molecule has 3 heterocycles. The number of hydrogen-bond acceptors (Lipinski definition) is 5. The Hall–Kier alpha value is -5.09. The van der Waals surface area contributed by atoms with Crippen LogP contribution in [-0.4, -0.2) is 82.8 Å². The highest BCUT2D eigenvalue weighted by atomic mass is 16.2. The number of rotatable bonds is 9. The van der Waals surface area contributed by atoms with Gasteiger partial charge < -0.3 is 30.3 Å². The third kappa shape index (κ3) is 6.77. The Balaban J connectivity index is 1.28. The van der Waals surface area contributed by atoms with Gasteiger partial charge in [0.25, 0.3) is 0 Å². The van der Waals surface area contributed by atoms with Crippen molar-refractivity contribution in [1.82, 2.24) is 29.9 Å². The quantitative estimate of drug-likeness (QED) is 0.209. The van der Waals surface area contributed by atoms with Crippen LogP contribution in [0, 0.1) is 0 Å². The maximum atomic E-state index is 14.4. The highest BCUT2D eigenvalue weighted by Crippen LogP contribution is 2.32. The van der Waals surface area contributed by atoms with E-state index in [1.807, 2.05) is 95.1 Å². The Morgan fingerprint density at radius 3 is 2.43 bits per heavy atom. The molecule has 1 saturated heterocycles. The second-order valence-corrected chi connectivity index (χ2v) is 12.3. The molecule has 1 aliphatic heterocycles. The van der Waals surface area contributed by atoms with Crippen LogP contribution in [-0.2, 0) is 18.4 Å². The first-order valence-corrected chi connectivity index (χ1v) is 15.8. The molecule has 0 spiro atoms. The number of nitrogens with one attached hydrogen (secondary N) is 3. The molecule has 0 unspecified atom stereocenters. The van der Waals surface area contributed by atoms with Crippen LogP contribution in [0.4, 0.5) is 16.2 Å². The molecule has 46 heavy (non-hydrogen) atoms. The van der Waals surface area contributed by atoms with Gasteiger partial charge in [0, 0.05) is 91.5 Å².